The molecule has 0 unspecified atom stereocenters. The zero-order chi connectivity index (χ0) is 23.1. The second-order valence-electron chi connectivity index (χ2n) is 8.19. The Hall–Kier alpha value is -2.35. The Labute approximate surface area is 181 Å². The molecule has 0 fully saturated rings. The first kappa shape index (κ1) is 25.7. The van der Waals surface area contributed by atoms with Gasteiger partial charge in [0.2, 0.25) is 0 Å². The van der Waals surface area contributed by atoms with Crippen LogP contribution in [0, 0.1) is 13.8 Å². The highest BCUT2D eigenvalue weighted by Crippen LogP contribution is 2.29. The summed E-state index contributed by atoms with van der Waals surface area (Å²) in [7, 11) is 0. The highest BCUT2D eigenvalue weighted by atomic mass is 16.6. The first-order valence-electron chi connectivity index (χ1n) is 10.9. The fourth-order valence-corrected chi connectivity index (χ4v) is 3.27. The van der Waals surface area contributed by atoms with Gasteiger partial charge in [-0.05, 0) is 53.5 Å². The number of hydrogen-bond acceptors (Lipinski definition) is 6. The molecule has 0 aromatic carbocycles. The Bertz CT molecular complexity index is 842. The number of carbonyl (C=O) groups excluding carboxylic acids is 1. The average Bonchev–Trinajstić information content (AvgIpc) is 3.01. The van der Waals surface area contributed by atoms with E-state index in [1.165, 1.54) is 0 Å². The number of carbonyl (C=O) groups is 1. The van der Waals surface area contributed by atoms with E-state index in [0.717, 1.165) is 47.4 Å². The third-order valence-electron chi connectivity index (χ3n) is 4.68. The van der Waals surface area contributed by atoms with Crippen LogP contribution in [0.5, 0.6) is 0 Å². The lowest BCUT2D eigenvalue weighted by molar-refractivity contribution is 0.105. The summed E-state index contributed by atoms with van der Waals surface area (Å²) < 4.78 is 7.44. The molecule has 170 valence electrons. The summed E-state index contributed by atoms with van der Waals surface area (Å²) in [5.74, 6) is 7.24. The van der Waals surface area contributed by atoms with Crippen molar-refractivity contribution in [3.8, 4) is 0 Å². The fraction of sp³-hybridized carbons (Fsp3) is 0.682. The number of rotatable bonds is 8. The van der Waals surface area contributed by atoms with Gasteiger partial charge in [0.15, 0.2) is 5.82 Å². The highest BCUT2D eigenvalue weighted by molar-refractivity contribution is 5.89. The van der Waals surface area contributed by atoms with Crippen molar-refractivity contribution in [3.63, 3.8) is 0 Å². The number of nitrogens with zero attached hydrogens (tertiary/aromatic N) is 3. The van der Waals surface area contributed by atoms with Crippen LogP contribution in [0.2, 0.25) is 0 Å². The molecule has 2 heterocycles. The molecule has 8 nitrogen and oxygen atoms in total. The molecule has 0 bridgehead atoms. The molecule has 2 aromatic heterocycles. The highest BCUT2D eigenvalue weighted by Gasteiger charge is 2.27. The molecule has 2 aromatic rings. The zero-order valence-corrected chi connectivity index (χ0v) is 20.1. The van der Waals surface area contributed by atoms with Crippen LogP contribution in [0.15, 0.2) is 0 Å². The standard InChI is InChI=1S/C20H34N6O2.C2H6/c1-8-9-10-15-23-16-17(13(4)14(5)22-18(16)25-21)26(15)11-20(6,7)24-19(27)28-12(2)3;1-2/h12H,8-11,21H2,1-7H3,(H,22,25)(H,24,27);1-2H3. The number of hydrogen-bond donors (Lipinski definition) is 3. The zero-order valence-electron chi connectivity index (χ0n) is 20.1. The number of amides is 1. The van der Waals surface area contributed by atoms with Crippen molar-refractivity contribution in [1.29, 1.82) is 0 Å². The summed E-state index contributed by atoms with van der Waals surface area (Å²) in [6.45, 7) is 18.3. The molecule has 1 amide bonds. The molecule has 8 heteroatoms. The normalized spacial score (nSPS) is 11.3. The Morgan fingerprint density at radius 3 is 2.40 bits per heavy atom. The van der Waals surface area contributed by atoms with Crippen molar-refractivity contribution in [2.75, 3.05) is 5.43 Å². The van der Waals surface area contributed by atoms with E-state index in [1.54, 1.807) is 0 Å². The predicted molar refractivity (Wildman–Crippen MR) is 124 cm³/mol. The fourth-order valence-electron chi connectivity index (χ4n) is 3.27. The number of nitrogens with two attached hydrogens (primary N) is 1. The molecular weight excluding hydrogens is 380 g/mol. The summed E-state index contributed by atoms with van der Waals surface area (Å²) in [6, 6.07) is 0. The lowest BCUT2D eigenvalue weighted by atomic mass is 10.1. The van der Waals surface area contributed by atoms with Crippen LogP contribution in [-0.4, -0.2) is 32.3 Å². The maximum atomic E-state index is 12.1. The lowest BCUT2D eigenvalue weighted by Crippen LogP contribution is -2.47. The topological polar surface area (TPSA) is 107 Å². The van der Waals surface area contributed by atoms with Gasteiger partial charge in [0, 0.05) is 18.7 Å². The number of aryl methyl sites for hydroxylation is 3. The summed E-state index contributed by atoms with van der Waals surface area (Å²) in [4.78, 5) is 21.5. The van der Waals surface area contributed by atoms with Crippen molar-refractivity contribution in [3.05, 3.63) is 17.1 Å². The number of alkyl carbamates (subject to hydrolysis) is 1. The molecule has 0 aliphatic heterocycles. The second kappa shape index (κ2) is 11.2. The van der Waals surface area contributed by atoms with Crippen LogP contribution in [-0.2, 0) is 17.7 Å². The summed E-state index contributed by atoms with van der Waals surface area (Å²) in [5, 5.41) is 2.97. The molecule has 0 radical (unpaired) electrons. The van der Waals surface area contributed by atoms with Gasteiger partial charge in [0.25, 0.3) is 0 Å². The van der Waals surface area contributed by atoms with E-state index in [0.29, 0.717) is 12.4 Å². The Morgan fingerprint density at radius 2 is 1.87 bits per heavy atom. The van der Waals surface area contributed by atoms with Crippen molar-refractivity contribution in [2.24, 2.45) is 5.84 Å². The van der Waals surface area contributed by atoms with E-state index in [2.05, 4.69) is 27.2 Å². The predicted octanol–water partition coefficient (Wildman–Crippen LogP) is 4.62. The number of fused-ring (bicyclic) bond motifs is 1. The summed E-state index contributed by atoms with van der Waals surface area (Å²) in [6.07, 6.45) is 2.37. The van der Waals surface area contributed by atoms with Crippen LogP contribution in [0.25, 0.3) is 11.0 Å². The van der Waals surface area contributed by atoms with Crippen molar-refractivity contribution in [1.82, 2.24) is 19.9 Å². The summed E-state index contributed by atoms with van der Waals surface area (Å²) in [5.41, 5.74) is 5.86. The lowest BCUT2D eigenvalue weighted by Gasteiger charge is -2.28. The molecule has 0 saturated heterocycles. The number of nitrogens with one attached hydrogen (secondary N) is 2. The van der Waals surface area contributed by atoms with Crippen LogP contribution < -0.4 is 16.6 Å². The quantitative estimate of drug-likeness (QED) is 0.425. The minimum Gasteiger partial charge on any atom is -0.447 e. The molecule has 4 N–H and O–H groups in total. The van der Waals surface area contributed by atoms with Crippen LogP contribution in [0.3, 0.4) is 0 Å². The average molecular weight is 421 g/mol. The number of pyridine rings is 1. The third-order valence-corrected chi connectivity index (χ3v) is 4.68. The van der Waals surface area contributed by atoms with E-state index < -0.39 is 11.6 Å². The van der Waals surface area contributed by atoms with Gasteiger partial charge >= 0.3 is 6.09 Å². The van der Waals surface area contributed by atoms with E-state index in [4.69, 9.17) is 15.6 Å². The number of imidazole rings is 1. The number of anilines is 1. The number of unbranched alkanes of at least 4 members (excludes halogenated alkanes) is 1. The second-order valence-corrected chi connectivity index (χ2v) is 8.19. The SMILES string of the molecule is CC.CCCCc1nc2c(NN)nc(C)c(C)c2n1CC(C)(C)NC(=O)OC(C)C. The Kier molecular flexibility index (Phi) is 9.55. The van der Waals surface area contributed by atoms with Gasteiger partial charge < -0.3 is 20.0 Å². The molecule has 0 aliphatic carbocycles. The first-order valence-corrected chi connectivity index (χ1v) is 10.9. The first-order chi connectivity index (χ1) is 14.1. The minimum absolute atomic E-state index is 0.167. The molecule has 0 saturated carbocycles. The van der Waals surface area contributed by atoms with Gasteiger partial charge in [-0.25, -0.2) is 20.6 Å². The van der Waals surface area contributed by atoms with Gasteiger partial charge in [0.05, 0.1) is 17.2 Å². The number of ether oxygens (including phenoxy) is 1. The monoisotopic (exact) mass is 420 g/mol. The van der Waals surface area contributed by atoms with Gasteiger partial charge in [-0.15, -0.1) is 0 Å². The molecular formula is C22H40N6O2. The van der Waals surface area contributed by atoms with E-state index in [9.17, 15) is 4.79 Å². The van der Waals surface area contributed by atoms with Crippen molar-refractivity contribution >= 4 is 22.9 Å². The van der Waals surface area contributed by atoms with Gasteiger partial charge in [0.1, 0.15) is 11.3 Å². The van der Waals surface area contributed by atoms with E-state index in [1.807, 2.05) is 55.4 Å². The smallest absolute Gasteiger partial charge is 0.407 e. The number of aromatic nitrogens is 3. The Morgan fingerprint density at radius 1 is 1.23 bits per heavy atom. The van der Waals surface area contributed by atoms with Crippen molar-refractivity contribution < 1.29 is 9.53 Å². The van der Waals surface area contributed by atoms with Crippen molar-refractivity contribution in [2.45, 2.75) is 99.8 Å². The maximum absolute atomic E-state index is 12.1. The molecule has 0 spiro atoms. The van der Waals surface area contributed by atoms with Gasteiger partial charge in [-0.3, -0.25) is 0 Å². The molecule has 30 heavy (non-hydrogen) atoms. The molecule has 0 atom stereocenters. The van der Waals surface area contributed by atoms with Crippen LogP contribution >= 0.6 is 0 Å². The van der Waals surface area contributed by atoms with Crippen LogP contribution in [0.4, 0.5) is 10.6 Å². The number of nitrogen functional groups attached to an aromatic ring is 1. The van der Waals surface area contributed by atoms with Gasteiger partial charge in [-0.1, -0.05) is 27.2 Å². The number of hydrazine groups is 1. The molecule has 0 aliphatic rings. The Balaban J connectivity index is 0.00000218. The maximum Gasteiger partial charge on any atom is 0.407 e. The molecule has 2 rings (SSSR count). The van der Waals surface area contributed by atoms with E-state index >= 15 is 0 Å². The summed E-state index contributed by atoms with van der Waals surface area (Å²) >= 11 is 0. The minimum atomic E-state index is -0.527. The van der Waals surface area contributed by atoms with Crippen LogP contribution in [0.1, 0.15) is 78.4 Å². The van der Waals surface area contributed by atoms with Gasteiger partial charge in [-0.2, -0.15) is 0 Å². The van der Waals surface area contributed by atoms with E-state index in [-0.39, 0.29) is 6.10 Å². The largest absolute Gasteiger partial charge is 0.447 e. The third kappa shape index (κ3) is 6.32.